The number of aromatic nitrogens is 1. The van der Waals surface area contributed by atoms with Crippen LogP contribution in [0, 0.1) is 0 Å². The molecule has 0 bridgehead atoms. The van der Waals surface area contributed by atoms with E-state index in [0.29, 0.717) is 0 Å². The third-order valence-electron chi connectivity index (χ3n) is 3.57. The van der Waals surface area contributed by atoms with Crippen molar-refractivity contribution in [1.82, 2.24) is 4.98 Å². The summed E-state index contributed by atoms with van der Waals surface area (Å²) in [6, 6.07) is 4.08. The molecule has 0 amide bonds. The maximum Gasteiger partial charge on any atom is 0.236 e. The molecule has 0 unspecified atom stereocenters. The lowest BCUT2D eigenvalue weighted by Crippen LogP contribution is -1.87. The van der Waals surface area contributed by atoms with E-state index in [-0.39, 0.29) is 0 Å². The minimum Gasteiger partial charge on any atom is -0.444 e. The molecule has 2 aromatic heterocycles. The predicted molar refractivity (Wildman–Crippen MR) is 86.1 cm³/mol. The molecular weight excluding hydrogens is 266 g/mol. The molecule has 110 valence electrons. The first-order valence-corrected chi connectivity index (χ1v) is 8.76. The number of aryl methyl sites for hydroxylation is 1. The Hall–Kier alpha value is -1.09. The maximum atomic E-state index is 5.53. The minimum absolute atomic E-state index is 0.773. The molecule has 0 radical (unpaired) electrons. The van der Waals surface area contributed by atoms with Gasteiger partial charge < -0.3 is 4.42 Å². The SMILES string of the molecule is CCCCCCCCCCc1coc(-c2cccs2)n1. The molecule has 3 heteroatoms. The van der Waals surface area contributed by atoms with Crippen LogP contribution in [0.25, 0.3) is 10.8 Å². The number of nitrogens with zero attached hydrogens (tertiary/aromatic N) is 1. The fourth-order valence-corrected chi connectivity index (χ4v) is 3.03. The lowest BCUT2D eigenvalue weighted by atomic mass is 10.1. The fraction of sp³-hybridized carbons (Fsp3) is 0.588. The summed E-state index contributed by atoms with van der Waals surface area (Å²) in [6.45, 7) is 2.27. The van der Waals surface area contributed by atoms with Crippen molar-refractivity contribution in [3.05, 3.63) is 29.5 Å². The van der Waals surface area contributed by atoms with Gasteiger partial charge in [0.2, 0.25) is 5.89 Å². The van der Waals surface area contributed by atoms with E-state index in [1.165, 1.54) is 51.4 Å². The number of thiophene rings is 1. The number of unbranched alkanes of at least 4 members (excludes halogenated alkanes) is 7. The zero-order valence-corrected chi connectivity index (χ0v) is 13.3. The predicted octanol–water partition coefficient (Wildman–Crippen LogP) is 6.09. The van der Waals surface area contributed by atoms with Gasteiger partial charge in [0.25, 0.3) is 0 Å². The third-order valence-corrected chi connectivity index (χ3v) is 4.43. The molecule has 0 saturated heterocycles. The number of hydrogen-bond donors (Lipinski definition) is 0. The molecule has 0 fully saturated rings. The molecule has 0 aromatic carbocycles. The second-order valence-electron chi connectivity index (χ2n) is 5.35. The van der Waals surface area contributed by atoms with E-state index in [2.05, 4.69) is 23.4 Å². The van der Waals surface area contributed by atoms with Gasteiger partial charge in [0, 0.05) is 0 Å². The lowest BCUT2D eigenvalue weighted by Gasteiger charge is -2.00. The molecule has 0 aliphatic carbocycles. The van der Waals surface area contributed by atoms with Crippen LogP contribution >= 0.6 is 11.3 Å². The van der Waals surface area contributed by atoms with Crippen LogP contribution < -0.4 is 0 Å². The van der Waals surface area contributed by atoms with Gasteiger partial charge in [-0.2, -0.15) is 0 Å². The van der Waals surface area contributed by atoms with E-state index >= 15 is 0 Å². The second-order valence-corrected chi connectivity index (χ2v) is 6.29. The van der Waals surface area contributed by atoms with Crippen LogP contribution in [-0.4, -0.2) is 4.98 Å². The van der Waals surface area contributed by atoms with Crippen LogP contribution in [0.15, 0.2) is 28.2 Å². The van der Waals surface area contributed by atoms with Gasteiger partial charge in [0.1, 0.15) is 6.26 Å². The van der Waals surface area contributed by atoms with Gasteiger partial charge in [-0.3, -0.25) is 0 Å². The van der Waals surface area contributed by atoms with Crippen molar-refractivity contribution in [1.29, 1.82) is 0 Å². The summed E-state index contributed by atoms with van der Waals surface area (Å²) in [5.74, 6) is 0.773. The topological polar surface area (TPSA) is 26.0 Å². The summed E-state index contributed by atoms with van der Waals surface area (Å²) in [4.78, 5) is 5.67. The Balaban J connectivity index is 1.58. The average Bonchev–Trinajstić information content (AvgIpc) is 3.12. The normalized spacial score (nSPS) is 11.1. The van der Waals surface area contributed by atoms with E-state index in [4.69, 9.17) is 4.42 Å². The molecule has 0 aliphatic rings. The average molecular weight is 291 g/mol. The Bertz CT molecular complexity index is 461. The fourth-order valence-electron chi connectivity index (χ4n) is 2.38. The highest BCUT2D eigenvalue weighted by atomic mass is 32.1. The zero-order chi connectivity index (χ0) is 14.0. The molecule has 0 atom stereocenters. The van der Waals surface area contributed by atoms with Crippen LogP contribution in [-0.2, 0) is 6.42 Å². The van der Waals surface area contributed by atoms with Gasteiger partial charge in [0.15, 0.2) is 0 Å². The molecular formula is C17H25NOS. The van der Waals surface area contributed by atoms with E-state index < -0.39 is 0 Å². The Kier molecular flexibility index (Phi) is 6.85. The van der Waals surface area contributed by atoms with Crippen molar-refractivity contribution < 1.29 is 4.42 Å². The molecule has 0 N–H and O–H groups in total. The van der Waals surface area contributed by atoms with Crippen molar-refractivity contribution in [3.63, 3.8) is 0 Å². The standard InChI is InChI=1S/C17H25NOS/c1-2-3-4-5-6-7-8-9-11-15-14-19-17(18-15)16-12-10-13-20-16/h10,12-14H,2-9,11H2,1H3. The van der Waals surface area contributed by atoms with Crippen LogP contribution in [0.1, 0.15) is 64.0 Å². The summed E-state index contributed by atoms with van der Waals surface area (Å²) in [5, 5.41) is 2.05. The lowest BCUT2D eigenvalue weighted by molar-refractivity contribution is 0.565. The van der Waals surface area contributed by atoms with Gasteiger partial charge in [-0.15, -0.1) is 11.3 Å². The molecule has 0 spiro atoms. The van der Waals surface area contributed by atoms with Crippen molar-refractivity contribution in [2.24, 2.45) is 0 Å². The highest BCUT2D eigenvalue weighted by Crippen LogP contribution is 2.24. The summed E-state index contributed by atoms with van der Waals surface area (Å²) in [5.41, 5.74) is 1.10. The van der Waals surface area contributed by atoms with E-state index in [9.17, 15) is 0 Å². The molecule has 2 rings (SSSR count). The quantitative estimate of drug-likeness (QED) is 0.495. The maximum absolute atomic E-state index is 5.53. The largest absolute Gasteiger partial charge is 0.444 e. The minimum atomic E-state index is 0.773. The van der Waals surface area contributed by atoms with Gasteiger partial charge in [-0.05, 0) is 24.3 Å². The van der Waals surface area contributed by atoms with E-state index in [1.807, 2.05) is 12.3 Å². The first-order chi connectivity index (χ1) is 9.90. The molecule has 20 heavy (non-hydrogen) atoms. The highest BCUT2D eigenvalue weighted by Gasteiger charge is 2.06. The Morgan fingerprint density at radius 3 is 2.50 bits per heavy atom. The molecule has 0 saturated carbocycles. The van der Waals surface area contributed by atoms with Gasteiger partial charge in [-0.25, -0.2) is 4.98 Å². The third kappa shape index (κ3) is 5.12. The number of oxazole rings is 1. The van der Waals surface area contributed by atoms with Gasteiger partial charge in [0.05, 0.1) is 10.6 Å². The molecule has 2 nitrogen and oxygen atoms in total. The van der Waals surface area contributed by atoms with Crippen LogP contribution in [0.2, 0.25) is 0 Å². The van der Waals surface area contributed by atoms with Crippen LogP contribution in [0.4, 0.5) is 0 Å². The van der Waals surface area contributed by atoms with Crippen LogP contribution in [0.5, 0.6) is 0 Å². The first kappa shape index (κ1) is 15.3. The number of rotatable bonds is 10. The Morgan fingerprint density at radius 2 is 1.80 bits per heavy atom. The van der Waals surface area contributed by atoms with Gasteiger partial charge in [-0.1, -0.05) is 57.9 Å². The first-order valence-electron chi connectivity index (χ1n) is 7.88. The monoisotopic (exact) mass is 291 g/mol. The summed E-state index contributed by atoms with van der Waals surface area (Å²) < 4.78 is 5.53. The van der Waals surface area contributed by atoms with E-state index in [1.54, 1.807) is 11.3 Å². The van der Waals surface area contributed by atoms with Crippen molar-refractivity contribution in [2.45, 2.75) is 64.7 Å². The smallest absolute Gasteiger partial charge is 0.236 e. The highest BCUT2D eigenvalue weighted by molar-refractivity contribution is 7.13. The summed E-state index contributed by atoms with van der Waals surface area (Å²) in [6.07, 6.45) is 13.7. The Morgan fingerprint density at radius 1 is 1.05 bits per heavy atom. The van der Waals surface area contributed by atoms with Crippen LogP contribution in [0.3, 0.4) is 0 Å². The van der Waals surface area contributed by atoms with Crippen molar-refractivity contribution in [3.8, 4) is 10.8 Å². The second kappa shape index (κ2) is 8.96. The zero-order valence-electron chi connectivity index (χ0n) is 12.4. The summed E-state index contributed by atoms with van der Waals surface area (Å²) >= 11 is 1.67. The Labute approximate surface area is 126 Å². The van der Waals surface area contributed by atoms with E-state index in [0.717, 1.165) is 22.9 Å². The van der Waals surface area contributed by atoms with Crippen molar-refractivity contribution in [2.75, 3.05) is 0 Å². The molecule has 2 heterocycles. The molecule has 0 aliphatic heterocycles. The van der Waals surface area contributed by atoms with Crippen molar-refractivity contribution >= 4 is 11.3 Å². The summed E-state index contributed by atoms with van der Waals surface area (Å²) in [7, 11) is 0. The van der Waals surface area contributed by atoms with Gasteiger partial charge >= 0.3 is 0 Å². The number of hydrogen-bond acceptors (Lipinski definition) is 3. The molecule has 2 aromatic rings.